The summed E-state index contributed by atoms with van der Waals surface area (Å²) < 4.78 is 0. The molecular formula is C13H17BrN2O. The summed E-state index contributed by atoms with van der Waals surface area (Å²) in [5.74, 6) is 0.593. The third-order valence-corrected chi connectivity index (χ3v) is 4.16. The van der Waals surface area contributed by atoms with Crippen LogP contribution in [0.25, 0.3) is 0 Å². The van der Waals surface area contributed by atoms with E-state index >= 15 is 0 Å². The van der Waals surface area contributed by atoms with Gasteiger partial charge in [-0.1, -0.05) is 22.4 Å². The molecule has 0 aliphatic heterocycles. The summed E-state index contributed by atoms with van der Waals surface area (Å²) in [5, 5.41) is 4.09. The first-order valence-electron chi connectivity index (χ1n) is 6.00. The molecule has 1 aliphatic carbocycles. The average molecular weight is 297 g/mol. The Morgan fingerprint density at radius 1 is 1.59 bits per heavy atom. The molecule has 0 aromatic carbocycles. The van der Waals surface area contributed by atoms with Crippen molar-refractivity contribution in [3.05, 3.63) is 29.6 Å². The minimum atomic E-state index is 0.0216. The number of amides is 1. The predicted octanol–water partition coefficient (Wildman–Crippen LogP) is 2.68. The number of nitrogens with one attached hydrogen (secondary N) is 1. The third kappa shape index (κ3) is 3.06. The van der Waals surface area contributed by atoms with Gasteiger partial charge in [0.25, 0.3) is 5.91 Å². The van der Waals surface area contributed by atoms with Crippen molar-refractivity contribution in [2.75, 3.05) is 5.33 Å². The van der Waals surface area contributed by atoms with Gasteiger partial charge in [-0.05, 0) is 37.8 Å². The van der Waals surface area contributed by atoms with Crippen LogP contribution >= 0.6 is 15.9 Å². The van der Waals surface area contributed by atoms with Crippen LogP contribution in [-0.4, -0.2) is 22.3 Å². The molecule has 2 atom stereocenters. The number of pyridine rings is 1. The molecule has 1 heterocycles. The van der Waals surface area contributed by atoms with Gasteiger partial charge in [-0.2, -0.15) is 0 Å². The van der Waals surface area contributed by atoms with Crippen molar-refractivity contribution >= 4 is 21.8 Å². The molecular weight excluding hydrogens is 280 g/mol. The molecule has 4 heteroatoms. The molecule has 1 amide bonds. The molecule has 0 spiro atoms. The molecule has 1 aromatic rings. The lowest BCUT2D eigenvalue weighted by Gasteiger charge is -2.19. The van der Waals surface area contributed by atoms with E-state index in [1.807, 2.05) is 13.0 Å². The van der Waals surface area contributed by atoms with Crippen LogP contribution in [0.15, 0.2) is 18.3 Å². The quantitative estimate of drug-likeness (QED) is 0.872. The fourth-order valence-electron chi connectivity index (χ4n) is 2.35. The average Bonchev–Trinajstić information content (AvgIpc) is 2.76. The smallest absolute Gasteiger partial charge is 0.251 e. The van der Waals surface area contributed by atoms with E-state index in [9.17, 15) is 4.79 Å². The summed E-state index contributed by atoms with van der Waals surface area (Å²) in [6.45, 7) is 1.90. The number of nitrogens with zero attached hydrogens (tertiary/aromatic N) is 1. The summed E-state index contributed by atoms with van der Waals surface area (Å²) >= 11 is 3.51. The number of aryl methyl sites for hydroxylation is 1. The van der Waals surface area contributed by atoms with Crippen LogP contribution in [0, 0.1) is 12.8 Å². The molecule has 17 heavy (non-hydrogen) atoms. The highest BCUT2D eigenvalue weighted by Gasteiger charge is 2.27. The largest absolute Gasteiger partial charge is 0.349 e. The zero-order valence-electron chi connectivity index (χ0n) is 9.95. The zero-order chi connectivity index (χ0) is 12.3. The van der Waals surface area contributed by atoms with Gasteiger partial charge in [0.2, 0.25) is 0 Å². The Balaban J connectivity index is 2.01. The Hall–Kier alpha value is -0.900. The summed E-state index contributed by atoms with van der Waals surface area (Å²) in [6.07, 6.45) is 5.18. The van der Waals surface area contributed by atoms with E-state index in [0.29, 0.717) is 17.5 Å². The number of carbonyl (C=O) groups is 1. The molecule has 0 radical (unpaired) electrons. The molecule has 3 nitrogen and oxygen atoms in total. The van der Waals surface area contributed by atoms with Crippen LogP contribution in [0.3, 0.4) is 0 Å². The Labute approximate surface area is 110 Å². The maximum Gasteiger partial charge on any atom is 0.251 e. The molecule has 0 bridgehead atoms. The van der Waals surface area contributed by atoms with Gasteiger partial charge in [0.05, 0.1) is 0 Å². The van der Waals surface area contributed by atoms with E-state index in [-0.39, 0.29) is 5.91 Å². The maximum atomic E-state index is 12.1. The second-order valence-corrected chi connectivity index (χ2v) is 5.26. The van der Waals surface area contributed by atoms with Crippen LogP contribution in [0.5, 0.6) is 0 Å². The number of aromatic nitrogens is 1. The minimum Gasteiger partial charge on any atom is -0.349 e. The van der Waals surface area contributed by atoms with E-state index in [0.717, 1.165) is 17.4 Å². The lowest BCUT2D eigenvalue weighted by molar-refractivity contribution is 0.0930. The Kier molecular flexibility index (Phi) is 4.15. The van der Waals surface area contributed by atoms with Crippen molar-refractivity contribution in [2.24, 2.45) is 5.92 Å². The van der Waals surface area contributed by atoms with E-state index in [1.54, 1.807) is 12.3 Å². The molecule has 1 aromatic heterocycles. The summed E-state index contributed by atoms with van der Waals surface area (Å²) in [5.41, 5.74) is 1.58. The highest BCUT2D eigenvalue weighted by Crippen LogP contribution is 2.27. The molecule has 1 aliphatic rings. The second-order valence-electron chi connectivity index (χ2n) is 4.61. The maximum absolute atomic E-state index is 12.1. The van der Waals surface area contributed by atoms with Gasteiger partial charge in [0.1, 0.15) is 0 Å². The normalized spacial score (nSPS) is 23.6. The van der Waals surface area contributed by atoms with Gasteiger partial charge in [-0.25, -0.2) is 0 Å². The van der Waals surface area contributed by atoms with Gasteiger partial charge >= 0.3 is 0 Å². The van der Waals surface area contributed by atoms with Gasteiger partial charge < -0.3 is 5.32 Å². The fraction of sp³-hybridized carbons (Fsp3) is 0.538. The van der Waals surface area contributed by atoms with Crippen molar-refractivity contribution in [1.82, 2.24) is 10.3 Å². The Morgan fingerprint density at radius 3 is 3.12 bits per heavy atom. The van der Waals surface area contributed by atoms with Gasteiger partial charge in [-0.3, -0.25) is 9.78 Å². The third-order valence-electron chi connectivity index (χ3n) is 3.33. The van der Waals surface area contributed by atoms with Gasteiger partial charge in [0, 0.05) is 28.8 Å². The molecule has 2 rings (SSSR count). The first kappa shape index (κ1) is 12.6. The topological polar surface area (TPSA) is 42.0 Å². The molecule has 92 valence electrons. The molecule has 1 saturated carbocycles. The Morgan fingerprint density at radius 2 is 2.41 bits per heavy atom. The van der Waals surface area contributed by atoms with Crippen molar-refractivity contribution in [3.8, 4) is 0 Å². The number of hydrogen-bond donors (Lipinski definition) is 1. The standard InChI is InChI=1S/C13H17BrN2O/c1-9-7-10(5-6-15-9)13(17)16-12-4-2-3-11(12)8-14/h5-7,11-12H,2-4,8H2,1H3,(H,16,17). The first-order valence-corrected chi connectivity index (χ1v) is 7.12. The van der Waals surface area contributed by atoms with E-state index in [1.165, 1.54) is 12.8 Å². The summed E-state index contributed by atoms with van der Waals surface area (Å²) in [6, 6.07) is 3.91. The van der Waals surface area contributed by atoms with Crippen molar-refractivity contribution in [3.63, 3.8) is 0 Å². The Bertz CT molecular complexity index is 408. The summed E-state index contributed by atoms with van der Waals surface area (Å²) in [7, 11) is 0. The van der Waals surface area contributed by atoms with Crippen molar-refractivity contribution < 1.29 is 4.79 Å². The van der Waals surface area contributed by atoms with Crippen molar-refractivity contribution in [1.29, 1.82) is 0 Å². The van der Waals surface area contributed by atoms with Crippen LogP contribution in [0.2, 0.25) is 0 Å². The van der Waals surface area contributed by atoms with Crippen LogP contribution in [0.4, 0.5) is 0 Å². The van der Waals surface area contributed by atoms with E-state index in [2.05, 4.69) is 26.2 Å². The molecule has 1 N–H and O–H groups in total. The zero-order valence-corrected chi connectivity index (χ0v) is 11.5. The number of alkyl halides is 1. The van der Waals surface area contributed by atoms with E-state index < -0.39 is 0 Å². The molecule has 2 unspecified atom stereocenters. The highest BCUT2D eigenvalue weighted by molar-refractivity contribution is 9.09. The highest BCUT2D eigenvalue weighted by atomic mass is 79.9. The monoisotopic (exact) mass is 296 g/mol. The fourth-order valence-corrected chi connectivity index (χ4v) is 3.13. The van der Waals surface area contributed by atoms with Gasteiger partial charge in [-0.15, -0.1) is 0 Å². The van der Waals surface area contributed by atoms with Crippen LogP contribution in [-0.2, 0) is 0 Å². The van der Waals surface area contributed by atoms with Gasteiger partial charge in [0.15, 0.2) is 0 Å². The van der Waals surface area contributed by atoms with Crippen LogP contribution in [0.1, 0.15) is 35.3 Å². The number of halogens is 1. The second kappa shape index (κ2) is 5.63. The minimum absolute atomic E-state index is 0.0216. The van der Waals surface area contributed by atoms with Crippen LogP contribution < -0.4 is 5.32 Å². The first-order chi connectivity index (χ1) is 8.20. The number of rotatable bonds is 3. The summed E-state index contributed by atoms with van der Waals surface area (Å²) in [4.78, 5) is 16.2. The SMILES string of the molecule is Cc1cc(C(=O)NC2CCCC2CBr)ccn1. The molecule has 1 fully saturated rings. The lowest BCUT2D eigenvalue weighted by atomic mass is 10.1. The predicted molar refractivity (Wildman–Crippen MR) is 71.4 cm³/mol. The number of carbonyl (C=O) groups excluding carboxylic acids is 1. The molecule has 0 saturated heterocycles. The lowest BCUT2D eigenvalue weighted by Crippen LogP contribution is -2.37. The van der Waals surface area contributed by atoms with E-state index in [4.69, 9.17) is 0 Å². The van der Waals surface area contributed by atoms with Crippen molar-refractivity contribution in [2.45, 2.75) is 32.2 Å². The number of hydrogen-bond acceptors (Lipinski definition) is 2.